The molecule has 0 aromatic carbocycles. The van der Waals surface area contributed by atoms with Crippen LogP contribution in [0.15, 0.2) is 31.0 Å². The molecule has 0 radical (unpaired) electrons. The van der Waals surface area contributed by atoms with E-state index in [2.05, 4.69) is 19.9 Å². The number of hydrogen-bond donors (Lipinski definition) is 1. The van der Waals surface area contributed by atoms with Gasteiger partial charge in [-0.15, -0.1) is 0 Å². The van der Waals surface area contributed by atoms with Crippen molar-refractivity contribution in [1.82, 2.24) is 19.9 Å². The summed E-state index contributed by atoms with van der Waals surface area (Å²) in [4.78, 5) is 16.4. The van der Waals surface area contributed by atoms with Crippen LogP contribution >= 0.6 is 0 Å². The van der Waals surface area contributed by atoms with Crippen molar-refractivity contribution in [2.24, 2.45) is 5.73 Å². The third kappa shape index (κ3) is 2.13. The van der Waals surface area contributed by atoms with E-state index in [1.54, 1.807) is 31.0 Å². The summed E-state index contributed by atoms with van der Waals surface area (Å²) in [5.74, 6) is 0. The zero-order valence-corrected chi connectivity index (χ0v) is 8.33. The molecule has 2 aromatic rings. The number of aromatic nitrogens is 4. The maximum atomic E-state index is 5.98. The smallest absolute Gasteiger partial charge is 0.0931 e. The number of nitrogens with zero attached hydrogens (tertiary/aromatic N) is 4. The quantitative estimate of drug-likeness (QED) is 0.770. The second-order valence-corrected chi connectivity index (χ2v) is 3.19. The fraction of sp³-hybridized carbons (Fsp3) is 0.200. The lowest BCUT2D eigenvalue weighted by molar-refractivity contribution is 0.771. The Kier molecular flexibility index (Phi) is 2.64. The predicted molar refractivity (Wildman–Crippen MR) is 54.8 cm³/mol. The topological polar surface area (TPSA) is 77.6 Å². The lowest BCUT2D eigenvalue weighted by Gasteiger charge is -2.09. The largest absolute Gasteiger partial charge is 0.318 e. The number of aryl methyl sites for hydroxylation is 1. The Balaban J connectivity index is 2.32. The normalized spacial score (nSPS) is 12.4. The SMILES string of the molecule is Cc1cncc(C(N)c2cnccn2)n1. The first-order valence-corrected chi connectivity index (χ1v) is 4.57. The van der Waals surface area contributed by atoms with Crippen LogP contribution in [0.1, 0.15) is 23.1 Å². The van der Waals surface area contributed by atoms with Gasteiger partial charge in [0, 0.05) is 18.6 Å². The molecule has 2 rings (SSSR count). The van der Waals surface area contributed by atoms with Gasteiger partial charge in [0.25, 0.3) is 0 Å². The first-order valence-electron chi connectivity index (χ1n) is 4.57. The van der Waals surface area contributed by atoms with Crippen molar-refractivity contribution in [3.63, 3.8) is 0 Å². The van der Waals surface area contributed by atoms with Crippen LogP contribution in [0, 0.1) is 6.92 Å². The van der Waals surface area contributed by atoms with Gasteiger partial charge in [-0.05, 0) is 6.92 Å². The van der Waals surface area contributed by atoms with Crippen LogP contribution in [0.3, 0.4) is 0 Å². The van der Waals surface area contributed by atoms with E-state index >= 15 is 0 Å². The lowest BCUT2D eigenvalue weighted by Crippen LogP contribution is -2.15. The van der Waals surface area contributed by atoms with Gasteiger partial charge >= 0.3 is 0 Å². The maximum Gasteiger partial charge on any atom is 0.0931 e. The molecule has 1 atom stereocenters. The van der Waals surface area contributed by atoms with E-state index < -0.39 is 0 Å². The van der Waals surface area contributed by atoms with E-state index in [1.807, 2.05) is 6.92 Å². The zero-order chi connectivity index (χ0) is 10.7. The van der Waals surface area contributed by atoms with E-state index in [0.717, 1.165) is 5.69 Å². The van der Waals surface area contributed by atoms with E-state index in [-0.39, 0.29) is 6.04 Å². The van der Waals surface area contributed by atoms with Crippen LogP contribution in [-0.2, 0) is 0 Å². The van der Waals surface area contributed by atoms with E-state index in [1.165, 1.54) is 0 Å². The van der Waals surface area contributed by atoms with Crippen molar-refractivity contribution in [2.75, 3.05) is 0 Å². The average molecular weight is 201 g/mol. The molecule has 5 nitrogen and oxygen atoms in total. The Bertz CT molecular complexity index is 443. The summed E-state index contributed by atoms with van der Waals surface area (Å²) in [7, 11) is 0. The molecule has 0 aliphatic heterocycles. The number of rotatable bonds is 2. The summed E-state index contributed by atoms with van der Waals surface area (Å²) in [5, 5.41) is 0. The molecular weight excluding hydrogens is 190 g/mol. The lowest BCUT2D eigenvalue weighted by atomic mass is 10.1. The van der Waals surface area contributed by atoms with Crippen molar-refractivity contribution in [2.45, 2.75) is 13.0 Å². The molecule has 76 valence electrons. The Morgan fingerprint density at radius 2 is 1.87 bits per heavy atom. The van der Waals surface area contributed by atoms with Gasteiger partial charge in [0.15, 0.2) is 0 Å². The third-order valence-corrected chi connectivity index (χ3v) is 1.99. The Labute approximate surface area is 87.4 Å². The fourth-order valence-corrected chi connectivity index (χ4v) is 1.26. The minimum absolute atomic E-state index is 0.369. The van der Waals surface area contributed by atoms with E-state index in [0.29, 0.717) is 11.4 Å². The molecule has 0 fully saturated rings. The van der Waals surface area contributed by atoms with Gasteiger partial charge in [-0.2, -0.15) is 0 Å². The standard InChI is InChI=1S/C10H11N5/c1-7-4-13-6-9(15-7)10(11)8-5-12-2-3-14-8/h2-6,10H,11H2,1H3. The van der Waals surface area contributed by atoms with Crippen molar-refractivity contribution >= 4 is 0 Å². The summed E-state index contributed by atoms with van der Waals surface area (Å²) in [6.45, 7) is 1.87. The summed E-state index contributed by atoms with van der Waals surface area (Å²) in [6.07, 6.45) is 8.18. The molecule has 5 heteroatoms. The van der Waals surface area contributed by atoms with Gasteiger partial charge in [-0.25, -0.2) is 0 Å². The summed E-state index contributed by atoms with van der Waals surface area (Å²) >= 11 is 0. The molecule has 0 bridgehead atoms. The number of nitrogens with two attached hydrogens (primary N) is 1. The highest BCUT2D eigenvalue weighted by Gasteiger charge is 2.11. The summed E-state index contributed by atoms with van der Waals surface area (Å²) in [5.41, 5.74) is 8.22. The monoisotopic (exact) mass is 201 g/mol. The first kappa shape index (κ1) is 9.67. The van der Waals surface area contributed by atoms with Crippen molar-refractivity contribution in [1.29, 1.82) is 0 Å². The van der Waals surface area contributed by atoms with Crippen LogP contribution in [0.25, 0.3) is 0 Å². The summed E-state index contributed by atoms with van der Waals surface area (Å²) in [6, 6.07) is -0.369. The molecule has 0 amide bonds. The van der Waals surface area contributed by atoms with Gasteiger partial charge in [-0.3, -0.25) is 19.9 Å². The number of hydrogen-bond acceptors (Lipinski definition) is 5. The van der Waals surface area contributed by atoms with Crippen LogP contribution in [0.2, 0.25) is 0 Å². The van der Waals surface area contributed by atoms with Gasteiger partial charge in [-0.1, -0.05) is 0 Å². The van der Waals surface area contributed by atoms with Crippen LogP contribution in [0.5, 0.6) is 0 Å². The minimum atomic E-state index is -0.369. The van der Waals surface area contributed by atoms with Gasteiger partial charge in [0.05, 0.1) is 35.5 Å². The average Bonchev–Trinajstić information content (AvgIpc) is 2.29. The predicted octanol–water partition coefficient (Wildman–Crippen LogP) is 0.623. The molecule has 0 aliphatic carbocycles. The molecule has 15 heavy (non-hydrogen) atoms. The molecule has 0 spiro atoms. The maximum absolute atomic E-state index is 5.98. The zero-order valence-electron chi connectivity index (χ0n) is 8.33. The second kappa shape index (κ2) is 4.10. The molecule has 2 aromatic heterocycles. The third-order valence-electron chi connectivity index (χ3n) is 1.99. The molecule has 2 N–H and O–H groups in total. The Hall–Kier alpha value is -1.88. The van der Waals surface area contributed by atoms with E-state index in [9.17, 15) is 0 Å². The van der Waals surface area contributed by atoms with Crippen LogP contribution in [-0.4, -0.2) is 19.9 Å². The Morgan fingerprint density at radius 1 is 1.07 bits per heavy atom. The van der Waals surface area contributed by atoms with Crippen molar-refractivity contribution in [3.05, 3.63) is 48.1 Å². The van der Waals surface area contributed by atoms with Crippen molar-refractivity contribution in [3.8, 4) is 0 Å². The van der Waals surface area contributed by atoms with Crippen LogP contribution < -0.4 is 5.73 Å². The van der Waals surface area contributed by atoms with E-state index in [4.69, 9.17) is 5.73 Å². The highest BCUT2D eigenvalue weighted by molar-refractivity contribution is 5.17. The van der Waals surface area contributed by atoms with Gasteiger partial charge < -0.3 is 5.73 Å². The molecule has 2 heterocycles. The van der Waals surface area contributed by atoms with Gasteiger partial charge in [0.2, 0.25) is 0 Å². The highest BCUT2D eigenvalue weighted by Crippen LogP contribution is 2.13. The fourth-order valence-electron chi connectivity index (χ4n) is 1.26. The minimum Gasteiger partial charge on any atom is -0.318 e. The molecular formula is C10H11N5. The molecule has 0 saturated heterocycles. The highest BCUT2D eigenvalue weighted by atomic mass is 14.9. The first-order chi connectivity index (χ1) is 7.27. The van der Waals surface area contributed by atoms with Crippen LogP contribution in [0.4, 0.5) is 0 Å². The summed E-state index contributed by atoms with van der Waals surface area (Å²) < 4.78 is 0. The van der Waals surface area contributed by atoms with Gasteiger partial charge in [0.1, 0.15) is 0 Å². The Morgan fingerprint density at radius 3 is 2.53 bits per heavy atom. The van der Waals surface area contributed by atoms with Crippen molar-refractivity contribution < 1.29 is 0 Å². The molecule has 0 saturated carbocycles. The molecule has 0 aliphatic rings. The second-order valence-electron chi connectivity index (χ2n) is 3.19. The molecule has 1 unspecified atom stereocenters.